The molecule has 0 saturated carbocycles. The van der Waals surface area contributed by atoms with E-state index in [1.165, 1.54) is 41.3 Å². The van der Waals surface area contributed by atoms with Crippen molar-refractivity contribution in [3.05, 3.63) is 101 Å². The number of aliphatic hydroxyl groups is 1. The number of aliphatic hydroxyl groups excluding tert-OH is 1. The van der Waals surface area contributed by atoms with Crippen LogP contribution in [0.15, 0.2) is 72.8 Å². The Morgan fingerprint density at radius 1 is 0.867 bits per heavy atom. The molecule has 1 aliphatic rings. The van der Waals surface area contributed by atoms with Gasteiger partial charge in [-0.25, -0.2) is 8.78 Å². The average Bonchev–Trinajstić information content (AvgIpc) is 2.73. The number of aromatic hydroxyl groups is 1. The third-order valence-electron chi connectivity index (χ3n) is 5.66. The molecule has 3 aromatic carbocycles. The molecule has 1 heterocycles. The van der Waals surface area contributed by atoms with Gasteiger partial charge < -0.3 is 15.1 Å². The van der Waals surface area contributed by atoms with Gasteiger partial charge in [-0.2, -0.15) is 0 Å². The number of phenols is 1. The maximum absolute atomic E-state index is 13.5. The van der Waals surface area contributed by atoms with Crippen molar-refractivity contribution < 1.29 is 23.8 Å². The van der Waals surface area contributed by atoms with Crippen molar-refractivity contribution in [1.82, 2.24) is 4.90 Å². The normalized spacial score (nSPS) is 19.4. The third kappa shape index (κ3) is 3.55. The zero-order valence-electron chi connectivity index (χ0n) is 16.1. The highest BCUT2D eigenvalue weighted by molar-refractivity contribution is 5.87. The SMILES string of the molecule is O=C1CC(c2ccc(O)cc2)(c2ccc(F)cc2)N1C(O)CCc1ccc(F)cc1. The molecule has 1 aliphatic heterocycles. The molecule has 2 unspecified atom stereocenters. The van der Waals surface area contributed by atoms with E-state index in [0.29, 0.717) is 17.5 Å². The Kier molecular flexibility index (Phi) is 5.26. The lowest BCUT2D eigenvalue weighted by Crippen LogP contribution is -2.65. The predicted molar refractivity (Wildman–Crippen MR) is 107 cm³/mol. The topological polar surface area (TPSA) is 60.8 Å². The van der Waals surface area contributed by atoms with Gasteiger partial charge in [-0.3, -0.25) is 4.79 Å². The molecule has 0 aliphatic carbocycles. The monoisotopic (exact) mass is 409 g/mol. The number of β-lactam (4-membered cyclic amide) rings is 1. The van der Waals surface area contributed by atoms with E-state index in [2.05, 4.69) is 0 Å². The van der Waals surface area contributed by atoms with E-state index in [9.17, 15) is 23.8 Å². The number of carbonyl (C=O) groups excluding carboxylic acids is 1. The summed E-state index contributed by atoms with van der Waals surface area (Å²) in [5, 5.41) is 20.6. The minimum Gasteiger partial charge on any atom is -0.508 e. The van der Waals surface area contributed by atoms with Crippen molar-refractivity contribution in [2.45, 2.75) is 31.0 Å². The van der Waals surface area contributed by atoms with E-state index >= 15 is 0 Å². The molecule has 6 heteroatoms. The van der Waals surface area contributed by atoms with Crippen molar-refractivity contribution in [3.8, 4) is 5.75 Å². The van der Waals surface area contributed by atoms with Crippen LogP contribution in [-0.2, 0) is 16.8 Å². The average molecular weight is 409 g/mol. The summed E-state index contributed by atoms with van der Waals surface area (Å²) in [5.41, 5.74) is 1.28. The Hall–Kier alpha value is -3.25. The predicted octanol–water partition coefficient (Wildman–Crippen LogP) is 4.10. The third-order valence-corrected chi connectivity index (χ3v) is 5.66. The maximum Gasteiger partial charge on any atom is 0.228 e. The molecule has 4 rings (SSSR count). The zero-order chi connectivity index (χ0) is 21.3. The molecule has 2 N–H and O–H groups in total. The van der Waals surface area contributed by atoms with E-state index in [0.717, 1.165) is 5.56 Å². The van der Waals surface area contributed by atoms with Gasteiger partial charge in [0.25, 0.3) is 0 Å². The summed E-state index contributed by atoms with van der Waals surface area (Å²) in [6.07, 6.45) is -0.245. The number of benzene rings is 3. The lowest BCUT2D eigenvalue weighted by Gasteiger charge is -2.54. The standard InChI is InChI=1S/C24H21F2NO3/c25-19-8-1-16(2-9-19)3-14-22(29)27-23(30)15-24(27,17-4-10-20(26)11-5-17)18-6-12-21(28)13-7-18/h1-2,4-13,22,28-29H,3,14-15H2. The second-order valence-electron chi connectivity index (χ2n) is 7.50. The van der Waals surface area contributed by atoms with Crippen molar-refractivity contribution >= 4 is 5.91 Å². The first kappa shape index (κ1) is 20.0. The molecule has 0 spiro atoms. The maximum atomic E-state index is 13.5. The number of hydrogen-bond acceptors (Lipinski definition) is 3. The zero-order valence-corrected chi connectivity index (χ0v) is 16.1. The number of phenolic OH excluding ortho intramolecular Hbond substituents is 1. The first-order valence-electron chi connectivity index (χ1n) is 9.70. The van der Waals surface area contributed by atoms with Crippen LogP contribution >= 0.6 is 0 Å². The fourth-order valence-electron chi connectivity index (χ4n) is 4.12. The second kappa shape index (κ2) is 7.88. The van der Waals surface area contributed by atoms with Crippen molar-refractivity contribution in [3.63, 3.8) is 0 Å². The highest BCUT2D eigenvalue weighted by Gasteiger charge is 2.55. The number of rotatable bonds is 6. The summed E-state index contributed by atoms with van der Waals surface area (Å²) < 4.78 is 26.6. The van der Waals surface area contributed by atoms with E-state index < -0.39 is 17.6 Å². The number of nitrogens with zero attached hydrogens (tertiary/aromatic N) is 1. The molecule has 1 amide bonds. The van der Waals surface area contributed by atoms with Crippen LogP contribution in [0.25, 0.3) is 0 Å². The largest absolute Gasteiger partial charge is 0.508 e. The Bertz CT molecular complexity index is 988. The summed E-state index contributed by atoms with van der Waals surface area (Å²) >= 11 is 0. The summed E-state index contributed by atoms with van der Waals surface area (Å²) in [7, 11) is 0. The van der Waals surface area contributed by atoms with Gasteiger partial charge in [0, 0.05) is 0 Å². The first-order chi connectivity index (χ1) is 14.4. The Morgan fingerprint density at radius 3 is 1.90 bits per heavy atom. The highest BCUT2D eigenvalue weighted by Crippen LogP contribution is 2.48. The molecule has 0 aromatic heterocycles. The van der Waals surface area contributed by atoms with E-state index in [1.807, 2.05) is 0 Å². The number of halogens is 2. The summed E-state index contributed by atoms with van der Waals surface area (Å²) in [6.45, 7) is 0. The minimum absolute atomic E-state index is 0.0852. The van der Waals surface area contributed by atoms with Gasteiger partial charge in [0.1, 0.15) is 29.2 Å². The molecule has 0 bridgehead atoms. The highest BCUT2D eigenvalue weighted by atomic mass is 19.1. The molecule has 30 heavy (non-hydrogen) atoms. The van der Waals surface area contributed by atoms with Crippen LogP contribution in [0.1, 0.15) is 29.5 Å². The van der Waals surface area contributed by atoms with E-state index in [1.54, 1.807) is 36.4 Å². The van der Waals surface area contributed by atoms with E-state index in [-0.39, 0.29) is 30.3 Å². The molecule has 0 radical (unpaired) electrons. The van der Waals surface area contributed by atoms with E-state index in [4.69, 9.17) is 0 Å². The quantitative estimate of drug-likeness (QED) is 0.603. The molecular weight excluding hydrogens is 388 g/mol. The van der Waals surface area contributed by atoms with Crippen LogP contribution in [0.2, 0.25) is 0 Å². The van der Waals surface area contributed by atoms with Crippen LogP contribution in [0, 0.1) is 11.6 Å². The fourth-order valence-corrected chi connectivity index (χ4v) is 4.12. The second-order valence-corrected chi connectivity index (χ2v) is 7.50. The van der Waals surface area contributed by atoms with Gasteiger partial charge in [-0.15, -0.1) is 0 Å². The van der Waals surface area contributed by atoms with Crippen LogP contribution in [-0.4, -0.2) is 27.2 Å². The van der Waals surface area contributed by atoms with Gasteiger partial charge in [0.15, 0.2) is 0 Å². The summed E-state index contributed by atoms with van der Waals surface area (Å²) in [6, 6.07) is 18.3. The number of hydrogen-bond donors (Lipinski definition) is 2. The molecule has 2 atom stereocenters. The molecule has 154 valence electrons. The first-order valence-corrected chi connectivity index (χ1v) is 9.70. The lowest BCUT2D eigenvalue weighted by molar-refractivity contribution is -0.176. The molecule has 1 fully saturated rings. The van der Waals surface area contributed by atoms with Crippen molar-refractivity contribution in [1.29, 1.82) is 0 Å². The van der Waals surface area contributed by atoms with Gasteiger partial charge in [-0.05, 0) is 65.9 Å². The number of amides is 1. The van der Waals surface area contributed by atoms with Gasteiger partial charge in [0.05, 0.1) is 6.42 Å². The smallest absolute Gasteiger partial charge is 0.228 e. The molecule has 3 aromatic rings. The Labute approximate surface area is 173 Å². The van der Waals surface area contributed by atoms with Gasteiger partial charge in [-0.1, -0.05) is 36.4 Å². The molecule has 1 saturated heterocycles. The number of likely N-dealkylation sites (tertiary alicyclic amines) is 1. The Balaban J connectivity index is 1.66. The van der Waals surface area contributed by atoms with Gasteiger partial charge in [0.2, 0.25) is 5.91 Å². The molecule has 4 nitrogen and oxygen atoms in total. The van der Waals surface area contributed by atoms with Crippen LogP contribution in [0.4, 0.5) is 8.78 Å². The fraction of sp³-hybridized carbons (Fsp3) is 0.208. The summed E-state index contributed by atoms with van der Waals surface area (Å²) in [4.78, 5) is 14.0. The molecular formula is C24H21F2NO3. The minimum atomic E-state index is -1.09. The van der Waals surface area contributed by atoms with Gasteiger partial charge >= 0.3 is 0 Å². The number of carbonyl (C=O) groups is 1. The Morgan fingerprint density at radius 2 is 1.37 bits per heavy atom. The van der Waals surface area contributed by atoms with Crippen LogP contribution < -0.4 is 0 Å². The van der Waals surface area contributed by atoms with Crippen LogP contribution in [0.5, 0.6) is 5.75 Å². The van der Waals surface area contributed by atoms with Crippen molar-refractivity contribution in [2.24, 2.45) is 0 Å². The summed E-state index contributed by atoms with van der Waals surface area (Å²) in [5.74, 6) is -0.866. The lowest BCUT2D eigenvalue weighted by atomic mass is 9.72. The van der Waals surface area contributed by atoms with Crippen molar-refractivity contribution in [2.75, 3.05) is 0 Å². The number of aryl methyl sites for hydroxylation is 1. The van der Waals surface area contributed by atoms with Crippen LogP contribution in [0.3, 0.4) is 0 Å².